The molecule has 0 bridgehead atoms. The topological polar surface area (TPSA) is 70.2 Å². The lowest BCUT2D eigenvalue weighted by molar-refractivity contribution is 0.0691. The van der Waals surface area contributed by atoms with Gasteiger partial charge in [0.2, 0.25) is 0 Å². The van der Waals surface area contributed by atoms with Crippen LogP contribution in [0.5, 0.6) is 0 Å². The van der Waals surface area contributed by atoms with E-state index in [4.69, 9.17) is 5.11 Å². The Morgan fingerprint density at radius 3 is 2.47 bits per heavy atom. The smallest absolute Gasteiger partial charge is 0.352 e. The van der Waals surface area contributed by atoms with Gasteiger partial charge in [0.05, 0.1) is 0 Å². The van der Waals surface area contributed by atoms with Gasteiger partial charge < -0.3 is 10.1 Å². The molecule has 0 amide bonds. The summed E-state index contributed by atoms with van der Waals surface area (Å²) >= 11 is 0. The van der Waals surface area contributed by atoms with E-state index in [0.717, 1.165) is 25.7 Å². The maximum atomic E-state index is 12.3. The molecule has 4 heteroatoms. The zero-order chi connectivity index (χ0) is 12.5. The summed E-state index contributed by atoms with van der Waals surface area (Å²) in [5.74, 6) is -0.959. The van der Waals surface area contributed by atoms with Crippen molar-refractivity contribution in [3.63, 3.8) is 0 Å². The molecular formula is C13H17NO3. The summed E-state index contributed by atoms with van der Waals surface area (Å²) in [6, 6.07) is 1.44. The van der Waals surface area contributed by atoms with Crippen molar-refractivity contribution in [2.24, 2.45) is 5.41 Å². The number of aromatic carboxylic acids is 1. The summed E-state index contributed by atoms with van der Waals surface area (Å²) in [5.41, 5.74) is 0.260. The molecule has 0 radical (unpaired) electrons. The first-order valence-electron chi connectivity index (χ1n) is 5.99. The number of carboxylic acid groups (broad SMARTS) is 1. The van der Waals surface area contributed by atoms with E-state index in [1.54, 1.807) is 0 Å². The number of Topliss-reactive ketones (excluding diaryl/α,β-unsaturated/α-hetero) is 1. The summed E-state index contributed by atoms with van der Waals surface area (Å²) < 4.78 is 0. The zero-order valence-electron chi connectivity index (χ0n) is 9.95. The molecule has 1 aromatic rings. The van der Waals surface area contributed by atoms with Gasteiger partial charge in [-0.1, -0.05) is 26.2 Å². The number of hydrogen-bond acceptors (Lipinski definition) is 2. The highest BCUT2D eigenvalue weighted by Gasteiger charge is 2.35. The molecule has 0 aliphatic heterocycles. The lowest BCUT2D eigenvalue weighted by atomic mass is 9.71. The van der Waals surface area contributed by atoms with Gasteiger partial charge in [0, 0.05) is 17.2 Å². The van der Waals surface area contributed by atoms with Crippen molar-refractivity contribution in [1.29, 1.82) is 0 Å². The molecule has 92 valence electrons. The van der Waals surface area contributed by atoms with Crippen molar-refractivity contribution in [2.75, 3.05) is 0 Å². The van der Waals surface area contributed by atoms with E-state index in [9.17, 15) is 9.59 Å². The van der Waals surface area contributed by atoms with Crippen molar-refractivity contribution >= 4 is 11.8 Å². The largest absolute Gasteiger partial charge is 0.477 e. The minimum Gasteiger partial charge on any atom is -0.477 e. The first-order valence-corrected chi connectivity index (χ1v) is 5.99. The number of rotatable bonds is 3. The number of ketones is 1. The van der Waals surface area contributed by atoms with E-state index in [1.807, 2.05) is 6.92 Å². The molecule has 1 aliphatic rings. The Morgan fingerprint density at radius 2 is 1.94 bits per heavy atom. The Bertz CT molecular complexity index is 441. The molecular weight excluding hydrogens is 218 g/mol. The quantitative estimate of drug-likeness (QED) is 0.791. The van der Waals surface area contributed by atoms with Crippen LogP contribution < -0.4 is 0 Å². The molecule has 2 rings (SSSR count). The molecule has 0 atom stereocenters. The van der Waals surface area contributed by atoms with Crippen molar-refractivity contribution < 1.29 is 14.7 Å². The van der Waals surface area contributed by atoms with Gasteiger partial charge in [-0.3, -0.25) is 4.79 Å². The fraction of sp³-hybridized carbons (Fsp3) is 0.538. The average molecular weight is 235 g/mol. The Morgan fingerprint density at radius 1 is 1.29 bits per heavy atom. The minimum absolute atomic E-state index is 0.0703. The van der Waals surface area contributed by atoms with Crippen LogP contribution in [0.25, 0.3) is 0 Å². The van der Waals surface area contributed by atoms with Gasteiger partial charge in [-0.2, -0.15) is 0 Å². The number of carbonyl (C=O) groups excluding carboxylic acids is 1. The molecule has 0 saturated heterocycles. The fourth-order valence-electron chi connectivity index (χ4n) is 2.56. The summed E-state index contributed by atoms with van der Waals surface area (Å²) in [7, 11) is 0. The molecule has 0 unspecified atom stereocenters. The van der Waals surface area contributed by atoms with Gasteiger partial charge >= 0.3 is 5.97 Å². The molecule has 4 nitrogen and oxygen atoms in total. The first kappa shape index (κ1) is 11.9. The minimum atomic E-state index is -1.03. The van der Waals surface area contributed by atoms with Gasteiger partial charge in [-0.25, -0.2) is 4.79 Å². The lowest BCUT2D eigenvalue weighted by Gasteiger charge is -2.31. The fourth-order valence-corrected chi connectivity index (χ4v) is 2.56. The molecule has 1 fully saturated rings. The highest BCUT2D eigenvalue weighted by Crippen LogP contribution is 2.38. The summed E-state index contributed by atoms with van der Waals surface area (Å²) in [6.07, 6.45) is 6.66. The van der Waals surface area contributed by atoms with Crippen LogP contribution in [0.3, 0.4) is 0 Å². The molecule has 0 aromatic carbocycles. The van der Waals surface area contributed by atoms with Crippen molar-refractivity contribution in [2.45, 2.75) is 39.0 Å². The second-order valence-electron chi connectivity index (χ2n) is 5.06. The highest BCUT2D eigenvalue weighted by atomic mass is 16.4. The van der Waals surface area contributed by atoms with E-state index in [1.165, 1.54) is 18.7 Å². The standard InChI is InChI=1S/C13H17NO3/c1-13(5-3-2-4-6-13)11(15)9-7-10(12(16)17)14-8-9/h7-8,14H,2-6H2,1H3,(H,16,17). The van der Waals surface area contributed by atoms with E-state index < -0.39 is 5.97 Å². The Kier molecular flexibility index (Phi) is 3.05. The third-order valence-corrected chi connectivity index (χ3v) is 3.68. The van der Waals surface area contributed by atoms with Crippen LogP contribution in [0.1, 0.15) is 59.9 Å². The zero-order valence-corrected chi connectivity index (χ0v) is 9.95. The van der Waals surface area contributed by atoms with E-state index in [0.29, 0.717) is 5.56 Å². The van der Waals surface area contributed by atoms with E-state index in [2.05, 4.69) is 4.98 Å². The van der Waals surface area contributed by atoms with Gasteiger partial charge in [0.15, 0.2) is 5.78 Å². The predicted molar refractivity (Wildman–Crippen MR) is 63.3 cm³/mol. The number of H-pyrrole nitrogens is 1. The van der Waals surface area contributed by atoms with Crippen LogP contribution in [-0.2, 0) is 0 Å². The van der Waals surface area contributed by atoms with Gasteiger partial charge in [-0.05, 0) is 18.9 Å². The number of aromatic nitrogens is 1. The summed E-state index contributed by atoms with van der Waals surface area (Å²) in [6.45, 7) is 1.99. The van der Waals surface area contributed by atoms with Gasteiger partial charge in [-0.15, -0.1) is 0 Å². The van der Waals surface area contributed by atoms with Crippen LogP contribution in [0.4, 0.5) is 0 Å². The Balaban J connectivity index is 2.20. The predicted octanol–water partition coefficient (Wildman–Crippen LogP) is 2.87. The van der Waals surface area contributed by atoms with Crippen molar-refractivity contribution in [3.8, 4) is 0 Å². The van der Waals surface area contributed by atoms with Gasteiger partial charge in [0.25, 0.3) is 0 Å². The molecule has 2 N–H and O–H groups in total. The van der Waals surface area contributed by atoms with Crippen molar-refractivity contribution in [1.82, 2.24) is 4.98 Å². The third-order valence-electron chi connectivity index (χ3n) is 3.68. The molecule has 1 heterocycles. The average Bonchev–Trinajstić information content (AvgIpc) is 2.78. The van der Waals surface area contributed by atoms with Crippen LogP contribution in [0.2, 0.25) is 0 Å². The SMILES string of the molecule is CC1(C(=O)c2c[nH]c(C(=O)O)c2)CCCCC1. The number of carboxylic acids is 1. The van der Waals surface area contributed by atoms with Gasteiger partial charge in [0.1, 0.15) is 5.69 Å². The first-order chi connectivity index (χ1) is 8.03. The van der Waals surface area contributed by atoms with Crippen LogP contribution >= 0.6 is 0 Å². The lowest BCUT2D eigenvalue weighted by Crippen LogP contribution is -2.30. The molecule has 17 heavy (non-hydrogen) atoms. The number of carbonyl (C=O) groups is 2. The summed E-state index contributed by atoms with van der Waals surface area (Å²) in [5, 5.41) is 8.81. The van der Waals surface area contributed by atoms with E-state index >= 15 is 0 Å². The van der Waals surface area contributed by atoms with Crippen LogP contribution in [0.15, 0.2) is 12.3 Å². The Labute approximate surface area is 100 Å². The number of nitrogens with one attached hydrogen (secondary N) is 1. The highest BCUT2D eigenvalue weighted by molar-refractivity contribution is 6.02. The molecule has 1 aliphatic carbocycles. The number of aromatic amines is 1. The van der Waals surface area contributed by atoms with Crippen LogP contribution in [0, 0.1) is 5.41 Å². The Hall–Kier alpha value is -1.58. The maximum absolute atomic E-state index is 12.3. The molecule has 1 aromatic heterocycles. The second-order valence-corrected chi connectivity index (χ2v) is 5.06. The van der Waals surface area contributed by atoms with Crippen molar-refractivity contribution in [3.05, 3.63) is 23.5 Å². The second kappa shape index (κ2) is 4.35. The van der Waals surface area contributed by atoms with E-state index in [-0.39, 0.29) is 16.9 Å². The number of hydrogen-bond donors (Lipinski definition) is 2. The normalized spacial score (nSPS) is 18.9. The molecule has 1 saturated carbocycles. The van der Waals surface area contributed by atoms with Crippen LogP contribution in [-0.4, -0.2) is 21.8 Å². The monoisotopic (exact) mass is 235 g/mol. The molecule has 0 spiro atoms. The third kappa shape index (κ3) is 2.25. The maximum Gasteiger partial charge on any atom is 0.352 e. The summed E-state index contributed by atoms with van der Waals surface area (Å²) in [4.78, 5) is 25.7.